The minimum atomic E-state index is -0.471. The lowest BCUT2D eigenvalue weighted by Crippen LogP contribution is -2.33. The Morgan fingerprint density at radius 1 is 1.24 bits per heavy atom. The molecule has 0 bridgehead atoms. The van der Waals surface area contributed by atoms with Crippen LogP contribution in [-0.2, 0) is 11.2 Å². The highest BCUT2D eigenvalue weighted by atomic mass is 16.6. The van der Waals surface area contributed by atoms with Gasteiger partial charge < -0.3 is 15.4 Å². The van der Waals surface area contributed by atoms with Gasteiger partial charge in [-0.25, -0.2) is 4.79 Å². The molecule has 1 aromatic carbocycles. The van der Waals surface area contributed by atoms with E-state index in [4.69, 9.17) is 10.1 Å². The van der Waals surface area contributed by atoms with E-state index in [0.29, 0.717) is 18.8 Å². The van der Waals surface area contributed by atoms with E-state index >= 15 is 0 Å². The lowest BCUT2D eigenvalue weighted by molar-refractivity contribution is 0.0528. The maximum atomic E-state index is 11.5. The predicted molar refractivity (Wildman–Crippen MR) is 86.0 cm³/mol. The molecule has 0 aliphatic heterocycles. The van der Waals surface area contributed by atoms with Gasteiger partial charge in [0.1, 0.15) is 5.60 Å². The highest BCUT2D eigenvalue weighted by molar-refractivity contribution is 5.92. The number of ether oxygens (including phenoxy) is 1. The molecule has 0 aliphatic rings. The van der Waals surface area contributed by atoms with Gasteiger partial charge in [-0.05, 0) is 44.9 Å². The second-order valence-electron chi connectivity index (χ2n) is 5.83. The Hall–Kier alpha value is -2.04. The van der Waals surface area contributed by atoms with Gasteiger partial charge in [-0.15, -0.1) is 0 Å². The van der Waals surface area contributed by atoms with Gasteiger partial charge in [-0.2, -0.15) is 0 Å². The van der Waals surface area contributed by atoms with Crippen molar-refractivity contribution in [3.63, 3.8) is 0 Å². The quantitative estimate of drug-likeness (QED) is 0.573. The van der Waals surface area contributed by atoms with Gasteiger partial charge in [0.05, 0.1) is 5.84 Å². The van der Waals surface area contributed by atoms with Crippen LogP contribution in [0.5, 0.6) is 0 Å². The monoisotopic (exact) mass is 291 g/mol. The smallest absolute Gasteiger partial charge is 0.407 e. The van der Waals surface area contributed by atoms with Crippen molar-refractivity contribution >= 4 is 17.6 Å². The van der Waals surface area contributed by atoms with E-state index in [1.807, 2.05) is 52.0 Å². The number of carbonyl (C=O) groups excluding carboxylic acids is 1. The number of benzene rings is 1. The summed E-state index contributed by atoms with van der Waals surface area (Å²) in [6.07, 6.45) is 1.03. The molecular weight excluding hydrogens is 266 g/mol. The fourth-order valence-electron chi connectivity index (χ4n) is 1.64. The zero-order valence-corrected chi connectivity index (χ0v) is 13.2. The number of hydrogen-bond donors (Lipinski definition) is 3. The van der Waals surface area contributed by atoms with Crippen molar-refractivity contribution in [2.45, 2.75) is 46.1 Å². The third kappa shape index (κ3) is 7.34. The zero-order chi connectivity index (χ0) is 15.9. The van der Waals surface area contributed by atoms with Crippen LogP contribution in [0, 0.1) is 5.41 Å². The van der Waals surface area contributed by atoms with Crippen molar-refractivity contribution in [1.29, 1.82) is 5.41 Å². The summed E-state index contributed by atoms with van der Waals surface area (Å²) in [7, 11) is 0. The number of amides is 1. The van der Waals surface area contributed by atoms with E-state index in [9.17, 15) is 4.79 Å². The van der Waals surface area contributed by atoms with Gasteiger partial charge in [0.25, 0.3) is 0 Å². The molecule has 0 aromatic heterocycles. The summed E-state index contributed by atoms with van der Waals surface area (Å²) in [6, 6.07) is 7.85. The topological polar surface area (TPSA) is 74.2 Å². The molecule has 1 amide bonds. The van der Waals surface area contributed by atoms with Crippen molar-refractivity contribution < 1.29 is 9.53 Å². The van der Waals surface area contributed by atoms with Gasteiger partial charge in [0.2, 0.25) is 0 Å². The second-order valence-corrected chi connectivity index (χ2v) is 5.83. The number of alkyl carbamates (subject to hydrolysis) is 1. The van der Waals surface area contributed by atoms with Gasteiger partial charge in [-0.3, -0.25) is 5.41 Å². The molecule has 116 valence electrons. The number of hydrogen-bond acceptors (Lipinski definition) is 3. The van der Waals surface area contributed by atoms with Gasteiger partial charge >= 0.3 is 6.09 Å². The van der Waals surface area contributed by atoms with Crippen LogP contribution in [0.3, 0.4) is 0 Å². The van der Waals surface area contributed by atoms with Gasteiger partial charge in [-0.1, -0.05) is 19.1 Å². The zero-order valence-electron chi connectivity index (χ0n) is 13.2. The largest absolute Gasteiger partial charge is 0.444 e. The Labute approximate surface area is 126 Å². The van der Waals surface area contributed by atoms with Crippen LogP contribution >= 0.6 is 0 Å². The molecule has 0 saturated heterocycles. The van der Waals surface area contributed by atoms with E-state index in [1.165, 1.54) is 0 Å². The molecule has 0 heterocycles. The number of amidine groups is 1. The Morgan fingerprint density at radius 3 is 2.38 bits per heavy atom. The fourth-order valence-corrected chi connectivity index (χ4v) is 1.64. The number of nitrogens with one attached hydrogen (secondary N) is 3. The minimum Gasteiger partial charge on any atom is -0.444 e. The number of anilines is 1. The Balaban J connectivity index is 2.36. The van der Waals surface area contributed by atoms with Crippen molar-refractivity contribution in [1.82, 2.24) is 5.32 Å². The molecule has 0 radical (unpaired) electrons. The Kier molecular flexibility index (Phi) is 6.21. The van der Waals surface area contributed by atoms with Crippen molar-refractivity contribution in [3.05, 3.63) is 29.8 Å². The lowest BCUT2D eigenvalue weighted by atomic mass is 10.1. The summed E-state index contributed by atoms with van der Waals surface area (Å²) in [5.41, 5.74) is 1.56. The molecule has 0 fully saturated rings. The maximum absolute atomic E-state index is 11.5. The molecular formula is C16H25N3O2. The molecule has 21 heavy (non-hydrogen) atoms. The first-order valence-electron chi connectivity index (χ1n) is 7.20. The Bertz CT molecular complexity index is 475. The Morgan fingerprint density at radius 2 is 1.86 bits per heavy atom. The van der Waals surface area contributed by atoms with Crippen molar-refractivity contribution in [2.75, 3.05) is 11.9 Å². The van der Waals surface area contributed by atoms with Crippen LogP contribution < -0.4 is 10.6 Å². The molecule has 5 heteroatoms. The molecule has 5 nitrogen and oxygen atoms in total. The van der Waals surface area contributed by atoms with Crippen LogP contribution in [0.25, 0.3) is 0 Å². The SMILES string of the molecule is CCC(=N)Nc1ccc(CCNC(=O)OC(C)(C)C)cc1. The minimum absolute atomic E-state index is 0.391. The van der Waals surface area contributed by atoms with Crippen LogP contribution in [0.2, 0.25) is 0 Å². The van der Waals surface area contributed by atoms with E-state index in [2.05, 4.69) is 10.6 Å². The molecule has 1 aromatic rings. The first-order chi connectivity index (χ1) is 9.80. The summed E-state index contributed by atoms with van der Waals surface area (Å²) in [4.78, 5) is 11.5. The highest BCUT2D eigenvalue weighted by Crippen LogP contribution is 2.10. The first-order valence-corrected chi connectivity index (χ1v) is 7.20. The van der Waals surface area contributed by atoms with Gasteiger partial charge in [0, 0.05) is 18.7 Å². The standard InChI is InChI=1S/C16H25N3O2/c1-5-14(17)19-13-8-6-12(7-9-13)10-11-18-15(20)21-16(2,3)4/h6-9H,5,10-11H2,1-4H3,(H2,17,19)(H,18,20). The lowest BCUT2D eigenvalue weighted by Gasteiger charge is -2.19. The molecule has 0 aliphatic carbocycles. The second kappa shape index (κ2) is 7.67. The molecule has 0 atom stereocenters. The average Bonchev–Trinajstić information content (AvgIpc) is 2.38. The van der Waals surface area contributed by atoms with Crippen LogP contribution in [0.1, 0.15) is 39.7 Å². The summed E-state index contributed by atoms with van der Waals surface area (Å²) >= 11 is 0. The maximum Gasteiger partial charge on any atom is 0.407 e. The van der Waals surface area contributed by atoms with E-state index in [0.717, 1.165) is 17.7 Å². The molecule has 3 N–H and O–H groups in total. The summed E-state index contributed by atoms with van der Waals surface area (Å²) < 4.78 is 5.17. The van der Waals surface area contributed by atoms with E-state index in [-0.39, 0.29) is 0 Å². The third-order valence-corrected chi connectivity index (χ3v) is 2.68. The van der Waals surface area contributed by atoms with E-state index in [1.54, 1.807) is 0 Å². The average molecular weight is 291 g/mol. The summed E-state index contributed by atoms with van der Waals surface area (Å²) in [5.74, 6) is 0.495. The molecule has 1 rings (SSSR count). The van der Waals surface area contributed by atoms with Gasteiger partial charge in [0.15, 0.2) is 0 Å². The van der Waals surface area contributed by atoms with E-state index < -0.39 is 11.7 Å². The summed E-state index contributed by atoms with van der Waals surface area (Å²) in [5, 5.41) is 13.3. The molecule has 0 unspecified atom stereocenters. The normalized spacial score (nSPS) is 10.9. The number of carbonyl (C=O) groups is 1. The fraction of sp³-hybridized carbons (Fsp3) is 0.500. The molecule has 0 spiro atoms. The van der Waals surface area contributed by atoms with Crippen molar-refractivity contribution in [3.8, 4) is 0 Å². The van der Waals surface area contributed by atoms with Crippen molar-refractivity contribution in [2.24, 2.45) is 0 Å². The van der Waals surface area contributed by atoms with Crippen LogP contribution in [0.4, 0.5) is 10.5 Å². The molecule has 0 saturated carbocycles. The van der Waals surface area contributed by atoms with Crippen LogP contribution in [-0.4, -0.2) is 24.1 Å². The summed E-state index contributed by atoms with van der Waals surface area (Å²) in [6.45, 7) is 7.99. The number of rotatable bonds is 5. The van der Waals surface area contributed by atoms with Crippen LogP contribution in [0.15, 0.2) is 24.3 Å². The predicted octanol–water partition coefficient (Wildman–Crippen LogP) is 3.55. The first kappa shape index (κ1) is 17.0. The highest BCUT2D eigenvalue weighted by Gasteiger charge is 2.15. The third-order valence-electron chi connectivity index (χ3n) is 2.68.